The lowest BCUT2D eigenvalue weighted by Gasteiger charge is -2.44. The zero-order chi connectivity index (χ0) is 35.1. The van der Waals surface area contributed by atoms with E-state index in [1.807, 2.05) is 49.4 Å². The number of benzene rings is 5. The fourth-order valence-corrected chi connectivity index (χ4v) is 8.23. The Morgan fingerprint density at radius 2 is 1.43 bits per heavy atom. The molecule has 7 nitrogen and oxygen atoms in total. The highest BCUT2D eigenvalue weighted by Crippen LogP contribution is 2.50. The van der Waals surface area contributed by atoms with Gasteiger partial charge in [0.1, 0.15) is 17.9 Å². The summed E-state index contributed by atoms with van der Waals surface area (Å²) in [6.07, 6.45) is 3.36. The van der Waals surface area contributed by atoms with E-state index in [1.54, 1.807) is 18.2 Å². The van der Waals surface area contributed by atoms with Crippen LogP contribution in [0.2, 0.25) is 0 Å². The molecule has 0 bridgehead atoms. The number of amides is 4. The average molecular weight is 739 g/mol. The van der Waals surface area contributed by atoms with Crippen LogP contribution in [-0.4, -0.2) is 30.9 Å². The molecule has 3 aliphatic heterocycles. The minimum absolute atomic E-state index is 0.0919. The number of nitrogens with one attached hydrogen (secondary N) is 1. The third kappa shape index (κ3) is 6.36. The minimum atomic E-state index is -0.758. The predicted octanol–water partition coefficient (Wildman–Crippen LogP) is 8.88. The molecule has 4 amide bonds. The maximum Gasteiger partial charge on any atom is 0.335 e. The van der Waals surface area contributed by atoms with Crippen LogP contribution in [-0.2, 0) is 16.2 Å². The van der Waals surface area contributed by atoms with Crippen LogP contribution in [0.25, 0.3) is 6.08 Å². The summed E-state index contributed by atoms with van der Waals surface area (Å²) in [6.45, 7) is 4.29. The van der Waals surface area contributed by atoms with Gasteiger partial charge < -0.3 is 9.64 Å². The molecule has 5 aromatic rings. The molecule has 51 heavy (non-hydrogen) atoms. The van der Waals surface area contributed by atoms with E-state index < -0.39 is 17.8 Å². The van der Waals surface area contributed by atoms with Crippen molar-refractivity contribution >= 4 is 51.2 Å². The molecule has 0 saturated carbocycles. The number of carbonyl (C=O) groups is 3. The molecular formula is C43H36BrN3O4. The zero-order valence-electron chi connectivity index (χ0n) is 28.1. The first kappa shape index (κ1) is 32.7. The molecule has 1 fully saturated rings. The summed E-state index contributed by atoms with van der Waals surface area (Å²) in [5.74, 6) is -0.578. The quantitative estimate of drug-likeness (QED) is 0.133. The molecule has 8 rings (SSSR count). The molecular weight excluding hydrogens is 702 g/mol. The first-order chi connectivity index (χ1) is 24.8. The molecule has 1 saturated heterocycles. The lowest BCUT2D eigenvalue weighted by atomic mass is 9.76. The van der Waals surface area contributed by atoms with Gasteiger partial charge in [0.15, 0.2) is 0 Å². The van der Waals surface area contributed by atoms with E-state index in [1.165, 1.54) is 22.9 Å². The highest BCUT2D eigenvalue weighted by atomic mass is 79.9. The van der Waals surface area contributed by atoms with Gasteiger partial charge in [0.25, 0.3) is 11.8 Å². The van der Waals surface area contributed by atoms with Gasteiger partial charge in [0.2, 0.25) is 0 Å². The number of halogens is 1. The summed E-state index contributed by atoms with van der Waals surface area (Å²) >= 11 is 3.59. The Kier molecular flexibility index (Phi) is 8.78. The highest BCUT2D eigenvalue weighted by Gasteiger charge is 2.40. The van der Waals surface area contributed by atoms with Crippen LogP contribution in [0.3, 0.4) is 0 Å². The van der Waals surface area contributed by atoms with Crippen LogP contribution in [0.1, 0.15) is 63.6 Å². The van der Waals surface area contributed by atoms with Crippen molar-refractivity contribution in [1.29, 1.82) is 0 Å². The summed E-state index contributed by atoms with van der Waals surface area (Å²) in [6, 6.07) is 37.5. The molecule has 3 aliphatic rings. The molecule has 0 spiro atoms. The Morgan fingerprint density at radius 3 is 2.04 bits per heavy atom. The SMILES string of the molecule is Cc1cccc(COc2ccc(/C=C3\C(=O)NC(=O)N(c4cc5c6c(c4)[C@H](c4ccccc4)CCN6CC[C@H]5c4ccccc4)C3=O)cc2Br)c1. The minimum Gasteiger partial charge on any atom is -0.488 e. The van der Waals surface area contributed by atoms with E-state index in [-0.39, 0.29) is 17.4 Å². The van der Waals surface area contributed by atoms with Crippen molar-refractivity contribution in [1.82, 2.24) is 5.32 Å². The monoisotopic (exact) mass is 737 g/mol. The second-order valence-electron chi connectivity index (χ2n) is 13.4. The number of imide groups is 2. The average Bonchev–Trinajstić information content (AvgIpc) is 3.14. The third-order valence-electron chi connectivity index (χ3n) is 10.1. The molecule has 0 unspecified atom stereocenters. The van der Waals surface area contributed by atoms with E-state index in [0.717, 1.165) is 53.1 Å². The Labute approximate surface area is 305 Å². The third-order valence-corrected chi connectivity index (χ3v) is 10.7. The van der Waals surface area contributed by atoms with Crippen molar-refractivity contribution in [3.63, 3.8) is 0 Å². The Bertz CT molecular complexity index is 2130. The first-order valence-electron chi connectivity index (χ1n) is 17.3. The second-order valence-corrected chi connectivity index (χ2v) is 14.2. The maximum absolute atomic E-state index is 14.3. The fourth-order valence-electron chi connectivity index (χ4n) is 7.71. The summed E-state index contributed by atoms with van der Waals surface area (Å²) in [5.41, 5.74) is 8.91. The molecule has 1 N–H and O–H groups in total. The van der Waals surface area contributed by atoms with Crippen LogP contribution in [0, 0.1) is 6.92 Å². The van der Waals surface area contributed by atoms with Gasteiger partial charge in [-0.15, -0.1) is 0 Å². The van der Waals surface area contributed by atoms with E-state index >= 15 is 0 Å². The van der Waals surface area contributed by atoms with Gasteiger partial charge in [-0.2, -0.15) is 0 Å². The van der Waals surface area contributed by atoms with Crippen molar-refractivity contribution in [2.45, 2.75) is 38.2 Å². The van der Waals surface area contributed by atoms with E-state index in [2.05, 4.69) is 80.7 Å². The molecule has 0 radical (unpaired) electrons. The molecule has 0 aromatic heterocycles. The molecule has 5 aromatic carbocycles. The van der Waals surface area contributed by atoms with Crippen LogP contribution in [0.4, 0.5) is 16.2 Å². The van der Waals surface area contributed by atoms with Gasteiger partial charge in [-0.3, -0.25) is 14.9 Å². The van der Waals surface area contributed by atoms with Crippen LogP contribution in [0.15, 0.2) is 125 Å². The van der Waals surface area contributed by atoms with Gasteiger partial charge in [-0.25, -0.2) is 9.69 Å². The Hall–Kier alpha value is -5.47. The largest absolute Gasteiger partial charge is 0.488 e. The Morgan fingerprint density at radius 1 is 0.784 bits per heavy atom. The number of aryl methyl sites for hydroxylation is 1. The number of barbiturate groups is 1. The van der Waals surface area contributed by atoms with Crippen molar-refractivity contribution in [2.24, 2.45) is 0 Å². The Balaban J connectivity index is 1.16. The van der Waals surface area contributed by atoms with Crippen LogP contribution >= 0.6 is 15.9 Å². The van der Waals surface area contributed by atoms with Crippen LogP contribution in [0.5, 0.6) is 5.75 Å². The van der Waals surface area contributed by atoms with Crippen molar-refractivity contribution in [3.05, 3.63) is 164 Å². The number of nitrogens with zero attached hydrogens (tertiary/aromatic N) is 2. The number of hydrogen-bond donors (Lipinski definition) is 1. The lowest BCUT2D eigenvalue weighted by molar-refractivity contribution is -0.122. The van der Waals surface area contributed by atoms with Gasteiger partial charge in [-0.1, -0.05) is 96.6 Å². The molecule has 2 atom stereocenters. The zero-order valence-corrected chi connectivity index (χ0v) is 29.7. The molecule has 254 valence electrons. The summed E-state index contributed by atoms with van der Waals surface area (Å²) < 4.78 is 6.72. The topological polar surface area (TPSA) is 79.0 Å². The predicted molar refractivity (Wildman–Crippen MR) is 203 cm³/mol. The number of carbonyl (C=O) groups excluding carboxylic acids is 3. The van der Waals surface area contributed by atoms with E-state index in [9.17, 15) is 14.4 Å². The number of hydrogen-bond acceptors (Lipinski definition) is 5. The highest BCUT2D eigenvalue weighted by molar-refractivity contribution is 9.10. The van der Waals surface area contributed by atoms with Gasteiger partial charge >= 0.3 is 6.03 Å². The van der Waals surface area contributed by atoms with Crippen molar-refractivity contribution in [2.75, 3.05) is 22.9 Å². The summed E-state index contributed by atoms with van der Waals surface area (Å²) in [7, 11) is 0. The fraction of sp³-hybridized carbons (Fsp3) is 0.186. The smallest absolute Gasteiger partial charge is 0.335 e. The van der Waals surface area contributed by atoms with Crippen LogP contribution < -0.4 is 19.9 Å². The van der Waals surface area contributed by atoms with Crippen molar-refractivity contribution in [3.8, 4) is 5.75 Å². The second kappa shape index (κ2) is 13.7. The van der Waals surface area contributed by atoms with E-state index in [0.29, 0.717) is 28.1 Å². The first-order valence-corrected chi connectivity index (χ1v) is 18.1. The molecule has 3 heterocycles. The molecule has 8 heteroatoms. The number of ether oxygens (including phenoxy) is 1. The number of anilines is 2. The molecule has 0 aliphatic carbocycles. The van der Waals surface area contributed by atoms with Gasteiger partial charge in [0, 0.05) is 30.6 Å². The normalized spacial score (nSPS) is 19.2. The number of rotatable bonds is 7. The standard InChI is InChI=1S/C43H36BrN3O4/c1-27-9-8-10-29(21-27)26-51-39-16-15-28(23-38(39)44)22-37-41(48)45-43(50)47(42(37)49)32-24-35-33(30-11-4-2-5-12-30)17-19-46-20-18-34(36(25-32)40(35)46)31-13-6-3-7-14-31/h2-16,21-25,33-34H,17-20,26H2,1H3,(H,45,48,50)/b37-22+/t33-,34-/m0/s1. The summed E-state index contributed by atoms with van der Waals surface area (Å²) in [5, 5.41) is 2.44. The van der Waals surface area contributed by atoms with Gasteiger partial charge in [-0.05, 0) is 99.4 Å². The summed E-state index contributed by atoms with van der Waals surface area (Å²) in [4.78, 5) is 44.6. The lowest BCUT2D eigenvalue weighted by Crippen LogP contribution is -2.54. The number of urea groups is 1. The van der Waals surface area contributed by atoms with E-state index in [4.69, 9.17) is 4.74 Å². The van der Waals surface area contributed by atoms with Gasteiger partial charge in [0.05, 0.1) is 10.2 Å². The maximum atomic E-state index is 14.3. The van der Waals surface area contributed by atoms with Crippen molar-refractivity contribution < 1.29 is 19.1 Å².